The maximum Gasteiger partial charge on any atom is 0.317 e. The van der Waals surface area contributed by atoms with Crippen LogP contribution in [0.3, 0.4) is 0 Å². The number of carboxylic acid groups (broad SMARTS) is 1. The molecular weight excluding hydrogens is 300 g/mol. The first-order valence-corrected chi connectivity index (χ1v) is 7.03. The second kappa shape index (κ2) is 6.21. The third kappa shape index (κ3) is 3.69. The summed E-state index contributed by atoms with van der Waals surface area (Å²) in [7, 11) is 1.70. The minimum atomic E-state index is -0.900. The van der Waals surface area contributed by atoms with Gasteiger partial charge >= 0.3 is 10.8 Å². The van der Waals surface area contributed by atoms with Gasteiger partial charge in [-0.15, -0.1) is 0 Å². The summed E-state index contributed by atoms with van der Waals surface area (Å²) in [5.41, 5.74) is 1.57. The molecule has 20 heavy (non-hydrogen) atoms. The van der Waals surface area contributed by atoms with Crippen molar-refractivity contribution in [2.75, 3.05) is 13.6 Å². The standard InChI is InChI=1S/C13H13ClN2O3S/c1-16(7-11(17)18)6-10-12(15-13(19)20-10)8-2-4-9(14)5-3-8/h2-5H,6-7H2,1H3,(H,15,19)(H,17,18). The van der Waals surface area contributed by atoms with E-state index >= 15 is 0 Å². The van der Waals surface area contributed by atoms with E-state index < -0.39 is 5.97 Å². The molecule has 0 unspecified atom stereocenters. The smallest absolute Gasteiger partial charge is 0.317 e. The maximum atomic E-state index is 11.6. The van der Waals surface area contributed by atoms with Gasteiger partial charge in [-0.1, -0.05) is 35.1 Å². The van der Waals surface area contributed by atoms with Crippen molar-refractivity contribution in [2.45, 2.75) is 6.54 Å². The number of halogens is 1. The Morgan fingerprint density at radius 1 is 1.40 bits per heavy atom. The summed E-state index contributed by atoms with van der Waals surface area (Å²) in [6.45, 7) is 0.319. The van der Waals surface area contributed by atoms with Crippen LogP contribution in [0.2, 0.25) is 5.02 Å². The third-order valence-corrected chi connectivity index (χ3v) is 3.79. The number of nitrogens with one attached hydrogen (secondary N) is 1. The molecule has 7 heteroatoms. The van der Waals surface area contributed by atoms with Crippen molar-refractivity contribution < 1.29 is 9.90 Å². The molecule has 0 saturated heterocycles. The fourth-order valence-electron chi connectivity index (χ4n) is 1.85. The Morgan fingerprint density at radius 2 is 2.05 bits per heavy atom. The van der Waals surface area contributed by atoms with Gasteiger partial charge in [0, 0.05) is 16.4 Å². The van der Waals surface area contributed by atoms with E-state index in [1.807, 2.05) is 12.1 Å². The molecule has 5 nitrogen and oxygen atoms in total. The number of aliphatic carboxylic acids is 1. The van der Waals surface area contributed by atoms with Crippen LogP contribution >= 0.6 is 22.9 Å². The molecular formula is C13H13ClN2O3S. The van der Waals surface area contributed by atoms with Gasteiger partial charge in [-0.2, -0.15) is 0 Å². The van der Waals surface area contributed by atoms with Gasteiger partial charge in [-0.25, -0.2) is 0 Å². The number of rotatable bonds is 5. The maximum absolute atomic E-state index is 11.6. The molecule has 0 bridgehead atoms. The predicted octanol–water partition coefficient (Wildman–Crippen LogP) is 2.27. The van der Waals surface area contributed by atoms with E-state index in [0.29, 0.717) is 17.3 Å². The van der Waals surface area contributed by atoms with Gasteiger partial charge in [0.15, 0.2) is 0 Å². The van der Waals surface area contributed by atoms with Crippen molar-refractivity contribution in [3.05, 3.63) is 43.8 Å². The van der Waals surface area contributed by atoms with E-state index in [2.05, 4.69) is 4.98 Å². The summed E-state index contributed by atoms with van der Waals surface area (Å²) < 4.78 is 0. The minimum absolute atomic E-state index is 0.0772. The van der Waals surface area contributed by atoms with Crippen LogP contribution in [0.5, 0.6) is 0 Å². The van der Waals surface area contributed by atoms with Gasteiger partial charge in [0.1, 0.15) is 0 Å². The molecule has 0 atom stereocenters. The highest BCUT2D eigenvalue weighted by Gasteiger charge is 2.13. The van der Waals surface area contributed by atoms with E-state index in [-0.39, 0.29) is 11.4 Å². The summed E-state index contributed by atoms with van der Waals surface area (Å²) in [6, 6.07) is 7.14. The first-order chi connectivity index (χ1) is 9.45. The molecule has 1 heterocycles. The van der Waals surface area contributed by atoms with Crippen LogP contribution in [-0.2, 0) is 11.3 Å². The van der Waals surface area contributed by atoms with Crippen LogP contribution < -0.4 is 4.87 Å². The molecule has 0 aliphatic carbocycles. The minimum Gasteiger partial charge on any atom is -0.480 e. The fraction of sp³-hybridized carbons (Fsp3) is 0.231. The second-order valence-electron chi connectivity index (χ2n) is 4.39. The fourth-order valence-corrected chi connectivity index (χ4v) is 2.91. The average Bonchev–Trinajstić information content (AvgIpc) is 2.70. The number of aromatic nitrogens is 1. The predicted molar refractivity (Wildman–Crippen MR) is 79.4 cm³/mol. The summed E-state index contributed by atoms with van der Waals surface area (Å²) in [4.78, 5) is 27.3. The molecule has 0 spiro atoms. The van der Waals surface area contributed by atoms with Crippen LogP contribution in [0, 0.1) is 0 Å². The van der Waals surface area contributed by atoms with Gasteiger partial charge < -0.3 is 10.1 Å². The monoisotopic (exact) mass is 312 g/mol. The van der Waals surface area contributed by atoms with Crippen LogP contribution in [-0.4, -0.2) is 34.6 Å². The Labute approximate surface area is 124 Å². The van der Waals surface area contributed by atoms with Gasteiger partial charge in [-0.3, -0.25) is 14.5 Å². The number of benzene rings is 1. The Bertz CT molecular complexity index is 663. The average molecular weight is 313 g/mol. The van der Waals surface area contributed by atoms with Crippen molar-refractivity contribution in [1.29, 1.82) is 0 Å². The van der Waals surface area contributed by atoms with Crippen molar-refractivity contribution in [3.8, 4) is 11.3 Å². The van der Waals surface area contributed by atoms with E-state index in [4.69, 9.17) is 16.7 Å². The molecule has 0 aliphatic heterocycles. The lowest BCUT2D eigenvalue weighted by atomic mass is 10.1. The summed E-state index contributed by atoms with van der Waals surface area (Å²) in [6.07, 6.45) is 0. The highest BCUT2D eigenvalue weighted by Crippen LogP contribution is 2.25. The van der Waals surface area contributed by atoms with Crippen LogP contribution in [0.1, 0.15) is 4.88 Å². The number of hydrogen-bond acceptors (Lipinski definition) is 4. The number of H-pyrrole nitrogens is 1. The Morgan fingerprint density at radius 3 is 2.65 bits per heavy atom. The quantitative estimate of drug-likeness (QED) is 0.888. The molecule has 0 aliphatic rings. The van der Waals surface area contributed by atoms with E-state index in [0.717, 1.165) is 21.8 Å². The number of thiazole rings is 1. The van der Waals surface area contributed by atoms with Gasteiger partial charge in [0.2, 0.25) is 0 Å². The molecule has 0 saturated carbocycles. The number of aromatic amines is 1. The highest BCUT2D eigenvalue weighted by atomic mass is 35.5. The Balaban J connectivity index is 2.28. The molecule has 2 aromatic rings. The van der Waals surface area contributed by atoms with Crippen molar-refractivity contribution >= 4 is 28.9 Å². The van der Waals surface area contributed by atoms with Crippen LogP contribution in [0.25, 0.3) is 11.3 Å². The number of carbonyl (C=O) groups is 1. The second-order valence-corrected chi connectivity index (χ2v) is 5.89. The molecule has 1 aromatic heterocycles. The normalized spacial score (nSPS) is 10.9. The first-order valence-electron chi connectivity index (χ1n) is 5.84. The zero-order chi connectivity index (χ0) is 14.7. The summed E-state index contributed by atoms with van der Waals surface area (Å²) in [5.74, 6) is -0.900. The lowest BCUT2D eigenvalue weighted by Crippen LogP contribution is -2.24. The lowest BCUT2D eigenvalue weighted by molar-refractivity contribution is -0.138. The van der Waals surface area contributed by atoms with Crippen LogP contribution in [0.4, 0.5) is 0 Å². The van der Waals surface area contributed by atoms with Crippen molar-refractivity contribution in [1.82, 2.24) is 9.88 Å². The zero-order valence-corrected chi connectivity index (χ0v) is 12.3. The topological polar surface area (TPSA) is 73.4 Å². The molecule has 106 valence electrons. The van der Waals surface area contributed by atoms with Crippen LogP contribution in [0.15, 0.2) is 29.1 Å². The van der Waals surface area contributed by atoms with Gasteiger partial charge in [-0.05, 0) is 24.7 Å². The van der Waals surface area contributed by atoms with Crippen molar-refractivity contribution in [3.63, 3.8) is 0 Å². The van der Waals surface area contributed by atoms with Gasteiger partial charge in [0.05, 0.1) is 12.2 Å². The third-order valence-electron chi connectivity index (χ3n) is 2.67. The van der Waals surface area contributed by atoms with E-state index in [1.165, 1.54) is 0 Å². The van der Waals surface area contributed by atoms with Gasteiger partial charge in [0.25, 0.3) is 0 Å². The highest BCUT2D eigenvalue weighted by molar-refractivity contribution is 7.09. The molecule has 2 rings (SSSR count). The lowest BCUT2D eigenvalue weighted by Gasteiger charge is -2.13. The summed E-state index contributed by atoms with van der Waals surface area (Å²) >= 11 is 6.93. The SMILES string of the molecule is CN(CC(=O)O)Cc1sc(=O)[nH]c1-c1ccc(Cl)cc1. The number of hydrogen-bond donors (Lipinski definition) is 2. The molecule has 0 radical (unpaired) electrons. The molecule has 0 amide bonds. The number of carboxylic acids is 1. The Kier molecular flexibility index (Phi) is 4.59. The first kappa shape index (κ1) is 14.8. The van der Waals surface area contributed by atoms with Crippen molar-refractivity contribution in [2.24, 2.45) is 0 Å². The summed E-state index contributed by atoms with van der Waals surface area (Å²) in [5, 5.41) is 9.38. The zero-order valence-electron chi connectivity index (χ0n) is 10.7. The number of likely N-dealkylation sites (N-methyl/N-ethyl adjacent to an activating group) is 1. The molecule has 2 N–H and O–H groups in total. The van der Waals surface area contributed by atoms with E-state index in [1.54, 1.807) is 24.1 Å². The number of nitrogens with zero attached hydrogens (tertiary/aromatic N) is 1. The van der Waals surface area contributed by atoms with E-state index in [9.17, 15) is 9.59 Å². The largest absolute Gasteiger partial charge is 0.480 e. The molecule has 0 fully saturated rings. The Hall–Kier alpha value is -1.63. The molecule has 1 aromatic carbocycles.